The van der Waals surface area contributed by atoms with E-state index in [4.69, 9.17) is 5.11 Å². The van der Waals surface area contributed by atoms with Crippen molar-refractivity contribution in [1.82, 2.24) is 10.6 Å². The van der Waals surface area contributed by atoms with Crippen LogP contribution in [0.25, 0.3) is 0 Å². The van der Waals surface area contributed by atoms with E-state index in [1.807, 2.05) is 0 Å². The summed E-state index contributed by atoms with van der Waals surface area (Å²) in [6, 6.07) is -0.229. The van der Waals surface area contributed by atoms with E-state index >= 15 is 0 Å². The molecule has 0 aromatic carbocycles. The van der Waals surface area contributed by atoms with Crippen molar-refractivity contribution in [3.63, 3.8) is 0 Å². The van der Waals surface area contributed by atoms with Crippen LogP contribution in [-0.2, 0) is 9.59 Å². The Hall–Kier alpha value is -1.10. The monoisotopic (exact) mass is 242 g/mol. The molecule has 0 unspecified atom stereocenters. The molecule has 1 aliphatic rings. The topological polar surface area (TPSA) is 78.4 Å². The summed E-state index contributed by atoms with van der Waals surface area (Å²) in [5.41, 5.74) is 0. The number of hydrogen-bond donors (Lipinski definition) is 3. The summed E-state index contributed by atoms with van der Waals surface area (Å²) >= 11 is 0. The molecule has 5 heteroatoms. The van der Waals surface area contributed by atoms with Crippen molar-refractivity contribution in [2.75, 3.05) is 13.2 Å². The molecular weight excluding hydrogens is 220 g/mol. The molecule has 0 aromatic rings. The van der Waals surface area contributed by atoms with Crippen LogP contribution < -0.4 is 10.6 Å². The molecule has 0 spiro atoms. The third kappa shape index (κ3) is 5.17. The SMILES string of the molecule is C[C@@H](CO)NC(=O)CCNC(=O)C1CCCC1. The highest BCUT2D eigenvalue weighted by Gasteiger charge is 2.22. The van der Waals surface area contributed by atoms with Gasteiger partial charge < -0.3 is 15.7 Å². The van der Waals surface area contributed by atoms with Gasteiger partial charge in [0.05, 0.1) is 6.61 Å². The van der Waals surface area contributed by atoms with Crippen molar-refractivity contribution in [3.8, 4) is 0 Å². The van der Waals surface area contributed by atoms with E-state index in [0.29, 0.717) is 6.54 Å². The quantitative estimate of drug-likeness (QED) is 0.621. The Labute approximate surface area is 102 Å². The van der Waals surface area contributed by atoms with Crippen LogP contribution in [0.5, 0.6) is 0 Å². The molecule has 1 aliphatic carbocycles. The van der Waals surface area contributed by atoms with Crippen LogP contribution in [0.2, 0.25) is 0 Å². The Morgan fingerprint density at radius 2 is 2.00 bits per heavy atom. The van der Waals surface area contributed by atoms with Crippen LogP contribution in [0.15, 0.2) is 0 Å². The predicted molar refractivity (Wildman–Crippen MR) is 64.3 cm³/mol. The van der Waals surface area contributed by atoms with Gasteiger partial charge in [-0.25, -0.2) is 0 Å². The summed E-state index contributed by atoms with van der Waals surface area (Å²) in [6.45, 7) is 2.04. The van der Waals surface area contributed by atoms with Gasteiger partial charge in [0.1, 0.15) is 0 Å². The van der Waals surface area contributed by atoms with E-state index in [9.17, 15) is 9.59 Å². The molecule has 1 atom stereocenters. The van der Waals surface area contributed by atoms with E-state index in [2.05, 4.69) is 10.6 Å². The number of carbonyl (C=O) groups is 2. The van der Waals surface area contributed by atoms with Gasteiger partial charge in [0.2, 0.25) is 11.8 Å². The normalized spacial score (nSPS) is 17.8. The number of rotatable bonds is 6. The van der Waals surface area contributed by atoms with Crippen LogP contribution in [-0.4, -0.2) is 36.1 Å². The standard InChI is InChI=1S/C12H22N2O3/c1-9(8-15)14-11(16)6-7-13-12(17)10-4-2-3-5-10/h9-10,15H,2-8H2,1H3,(H,13,17)(H,14,16)/t9-/m0/s1. The first-order chi connectivity index (χ1) is 8.13. The lowest BCUT2D eigenvalue weighted by atomic mass is 10.1. The van der Waals surface area contributed by atoms with Crippen LogP contribution in [0.4, 0.5) is 0 Å². The van der Waals surface area contributed by atoms with E-state index in [-0.39, 0.29) is 36.8 Å². The molecule has 0 saturated heterocycles. The zero-order chi connectivity index (χ0) is 12.7. The summed E-state index contributed by atoms with van der Waals surface area (Å²) in [7, 11) is 0. The minimum atomic E-state index is -0.229. The number of carbonyl (C=O) groups excluding carboxylic acids is 2. The summed E-state index contributed by atoms with van der Waals surface area (Å²) in [6.07, 6.45) is 4.47. The molecule has 1 rings (SSSR count). The van der Waals surface area contributed by atoms with Crippen molar-refractivity contribution >= 4 is 11.8 Å². The maximum atomic E-state index is 11.6. The summed E-state index contributed by atoms with van der Waals surface area (Å²) in [5, 5.41) is 14.2. The molecule has 5 nitrogen and oxygen atoms in total. The molecule has 0 heterocycles. The number of aliphatic hydroxyl groups excluding tert-OH is 1. The van der Waals surface area contributed by atoms with E-state index in [1.165, 1.54) is 0 Å². The minimum absolute atomic E-state index is 0.0693. The molecular formula is C12H22N2O3. The van der Waals surface area contributed by atoms with Crippen molar-refractivity contribution in [2.45, 2.75) is 45.1 Å². The van der Waals surface area contributed by atoms with Crippen molar-refractivity contribution in [3.05, 3.63) is 0 Å². The van der Waals surface area contributed by atoms with Gasteiger partial charge in [-0.15, -0.1) is 0 Å². The van der Waals surface area contributed by atoms with Crippen LogP contribution in [0, 0.1) is 5.92 Å². The Morgan fingerprint density at radius 3 is 2.59 bits per heavy atom. The summed E-state index contributed by atoms with van der Waals surface area (Å²) < 4.78 is 0. The zero-order valence-electron chi connectivity index (χ0n) is 10.4. The molecule has 2 amide bonds. The molecule has 0 bridgehead atoms. The molecule has 98 valence electrons. The number of aliphatic hydroxyl groups is 1. The number of amides is 2. The van der Waals surface area contributed by atoms with E-state index in [0.717, 1.165) is 25.7 Å². The summed E-state index contributed by atoms with van der Waals surface area (Å²) in [4.78, 5) is 23.0. The fourth-order valence-electron chi connectivity index (χ4n) is 2.02. The Balaban J connectivity index is 2.10. The average molecular weight is 242 g/mol. The van der Waals surface area contributed by atoms with Gasteiger partial charge in [-0.2, -0.15) is 0 Å². The molecule has 0 radical (unpaired) electrons. The molecule has 1 saturated carbocycles. The van der Waals surface area contributed by atoms with Gasteiger partial charge in [-0.05, 0) is 19.8 Å². The third-order valence-corrected chi connectivity index (χ3v) is 3.06. The fourth-order valence-corrected chi connectivity index (χ4v) is 2.02. The first kappa shape index (κ1) is 14.0. The van der Waals surface area contributed by atoms with Gasteiger partial charge in [0, 0.05) is 24.9 Å². The highest BCUT2D eigenvalue weighted by molar-refractivity contribution is 5.80. The fraction of sp³-hybridized carbons (Fsp3) is 0.833. The van der Waals surface area contributed by atoms with Gasteiger partial charge in [-0.3, -0.25) is 9.59 Å². The second kappa shape index (κ2) is 7.27. The minimum Gasteiger partial charge on any atom is -0.394 e. The molecule has 0 aliphatic heterocycles. The molecule has 17 heavy (non-hydrogen) atoms. The molecule has 3 N–H and O–H groups in total. The third-order valence-electron chi connectivity index (χ3n) is 3.06. The lowest BCUT2D eigenvalue weighted by molar-refractivity contribution is -0.125. The zero-order valence-corrected chi connectivity index (χ0v) is 10.4. The lowest BCUT2D eigenvalue weighted by Crippen LogP contribution is -2.38. The summed E-state index contributed by atoms with van der Waals surface area (Å²) in [5.74, 6) is 0.0817. The first-order valence-corrected chi connectivity index (χ1v) is 6.31. The van der Waals surface area contributed by atoms with Gasteiger partial charge >= 0.3 is 0 Å². The highest BCUT2D eigenvalue weighted by Crippen LogP contribution is 2.24. The van der Waals surface area contributed by atoms with Gasteiger partial charge in [0.25, 0.3) is 0 Å². The van der Waals surface area contributed by atoms with Crippen molar-refractivity contribution in [1.29, 1.82) is 0 Å². The first-order valence-electron chi connectivity index (χ1n) is 6.31. The maximum absolute atomic E-state index is 11.6. The molecule has 0 aromatic heterocycles. The largest absolute Gasteiger partial charge is 0.394 e. The Morgan fingerprint density at radius 1 is 1.35 bits per heavy atom. The molecule has 1 fully saturated rings. The predicted octanol–water partition coefficient (Wildman–Crippen LogP) is 0.180. The van der Waals surface area contributed by atoms with E-state index in [1.54, 1.807) is 6.92 Å². The second-order valence-electron chi connectivity index (χ2n) is 4.67. The maximum Gasteiger partial charge on any atom is 0.223 e. The lowest BCUT2D eigenvalue weighted by Gasteiger charge is -2.12. The van der Waals surface area contributed by atoms with Gasteiger partial charge in [0.15, 0.2) is 0 Å². The second-order valence-corrected chi connectivity index (χ2v) is 4.67. The Kier molecular flexibility index (Phi) is 5.97. The number of nitrogens with one attached hydrogen (secondary N) is 2. The van der Waals surface area contributed by atoms with Crippen molar-refractivity contribution in [2.24, 2.45) is 5.92 Å². The van der Waals surface area contributed by atoms with Crippen LogP contribution in [0.1, 0.15) is 39.0 Å². The highest BCUT2D eigenvalue weighted by atomic mass is 16.3. The Bertz CT molecular complexity index is 262. The van der Waals surface area contributed by atoms with Gasteiger partial charge in [-0.1, -0.05) is 12.8 Å². The average Bonchev–Trinajstić information content (AvgIpc) is 2.82. The van der Waals surface area contributed by atoms with Crippen LogP contribution >= 0.6 is 0 Å². The smallest absolute Gasteiger partial charge is 0.223 e. The number of hydrogen-bond acceptors (Lipinski definition) is 3. The van der Waals surface area contributed by atoms with Crippen molar-refractivity contribution < 1.29 is 14.7 Å². The van der Waals surface area contributed by atoms with E-state index < -0.39 is 0 Å². The van der Waals surface area contributed by atoms with Crippen LogP contribution in [0.3, 0.4) is 0 Å².